The molecule has 6 heteroatoms. The zero-order valence-electron chi connectivity index (χ0n) is 8.85. The maximum Gasteiger partial charge on any atom is 0.318 e. The molecule has 1 aromatic heterocycles. The van der Waals surface area contributed by atoms with Gasteiger partial charge in [0.05, 0.1) is 13.2 Å². The van der Waals surface area contributed by atoms with Crippen molar-refractivity contribution in [3.8, 4) is 0 Å². The van der Waals surface area contributed by atoms with E-state index in [4.69, 9.17) is 14.9 Å². The first kappa shape index (κ1) is 10.4. The molecular formula is C9H16N4O2. The lowest BCUT2D eigenvalue weighted by Crippen LogP contribution is -2.29. The van der Waals surface area contributed by atoms with Crippen LogP contribution in [-0.2, 0) is 11.3 Å². The van der Waals surface area contributed by atoms with Crippen molar-refractivity contribution in [1.82, 2.24) is 10.2 Å². The van der Waals surface area contributed by atoms with Crippen molar-refractivity contribution in [2.45, 2.75) is 25.4 Å². The molecule has 2 N–H and O–H groups in total. The summed E-state index contributed by atoms with van der Waals surface area (Å²) in [6.07, 6.45) is 2.37. The highest BCUT2D eigenvalue weighted by molar-refractivity contribution is 5.29. The largest absolute Gasteiger partial charge is 0.407 e. The molecule has 1 fully saturated rings. The van der Waals surface area contributed by atoms with E-state index in [-0.39, 0.29) is 6.54 Å². The molecule has 1 heterocycles. The zero-order chi connectivity index (χ0) is 10.7. The summed E-state index contributed by atoms with van der Waals surface area (Å²) in [5.74, 6) is 0.480. The molecule has 15 heavy (non-hydrogen) atoms. The van der Waals surface area contributed by atoms with Gasteiger partial charge in [-0.3, -0.25) is 0 Å². The van der Waals surface area contributed by atoms with Gasteiger partial charge >= 0.3 is 6.01 Å². The van der Waals surface area contributed by atoms with Gasteiger partial charge in [0, 0.05) is 19.7 Å². The summed E-state index contributed by atoms with van der Waals surface area (Å²) in [6.45, 7) is 1.74. The van der Waals surface area contributed by atoms with Crippen molar-refractivity contribution in [1.29, 1.82) is 0 Å². The summed E-state index contributed by atoms with van der Waals surface area (Å²) in [5.41, 5.74) is 5.42. The van der Waals surface area contributed by atoms with E-state index in [1.54, 1.807) is 7.11 Å². The van der Waals surface area contributed by atoms with Crippen LogP contribution < -0.4 is 10.6 Å². The smallest absolute Gasteiger partial charge is 0.318 e. The Balaban J connectivity index is 2.02. The molecule has 0 aliphatic heterocycles. The molecule has 1 aromatic rings. The van der Waals surface area contributed by atoms with Gasteiger partial charge < -0.3 is 19.8 Å². The number of ether oxygens (including phenoxy) is 1. The van der Waals surface area contributed by atoms with E-state index in [1.807, 2.05) is 0 Å². The van der Waals surface area contributed by atoms with Crippen LogP contribution >= 0.6 is 0 Å². The van der Waals surface area contributed by atoms with E-state index in [2.05, 4.69) is 15.1 Å². The molecule has 0 saturated heterocycles. The van der Waals surface area contributed by atoms with Gasteiger partial charge in [-0.25, -0.2) is 0 Å². The molecule has 0 amide bonds. The Labute approximate surface area is 88.4 Å². The molecule has 0 radical (unpaired) electrons. The Morgan fingerprint density at radius 2 is 2.33 bits per heavy atom. The maximum atomic E-state index is 5.42. The predicted octanol–water partition coefficient (Wildman–Crippen LogP) is 0.144. The SMILES string of the molecule is COCCN(c1nnc(CN)o1)C1CC1. The summed E-state index contributed by atoms with van der Waals surface area (Å²) in [4.78, 5) is 2.09. The highest BCUT2D eigenvalue weighted by Gasteiger charge is 2.32. The predicted molar refractivity (Wildman–Crippen MR) is 54.4 cm³/mol. The van der Waals surface area contributed by atoms with Crippen LogP contribution in [0.3, 0.4) is 0 Å². The van der Waals surface area contributed by atoms with Crippen molar-refractivity contribution in [2.75, 3.05) is 25.2 Å². The maximum absolute atomic E-state index is 5.42. The van der Waals surface area contributed by atoms with Crippen molar-refractivity contribution in [3.05, 3.63) is 5.89 Å². The molecule has 84 valence electrons. The van der Waals surface area contributed by atoms with Gasteiger partial charge in [0.1, 0.15) is 0 Å². The second-order valence-corrected chi connectivity index (χ2v) is 3.60. The Hall–Kier alpha value is -1.14. The lowest BCUT2D eigenvalue weighted by molar-refractivity contribution is 0.203. The van der Waals surface area contributed by atoms with Crippen LogP contribution in [0.5, 0.6) is 0 Å². The molecule has 0 bridgehead atoms. The number of aromatic nitrogens is 2. The molecule has 2 rings (SSSR count). The monoisotopic (exact) mass is 212 g/mol. The number of methoxy groups -OCH3 is 1. The van der Waals surface area contributed by atoms with Crippen LogP contribution in [-0.4, -0.2) is 36.5 Å². The zero-order valence-corrected chi connectivity index (χ0v) is 8.85. The molecule has 0 spiro atoms. The minimum atomic E-state index is 0.287. The van der Waals surface area contributed by atoms with Crippen molar-refractivity contribution < 1.29 is 9.15 Å². The minimum absolute atomic E-state index is 0.287. The van der Waals surface area contributed by atoms with Gasteiger partial charge in [-0.05, 0) is 12.8 Å². The van der Waals surface area contributed by atoms with E-state index in [0.29, 0.717) is 24.6 Å². The lowest BCUT2D eigenvalue weighted by Gasteiger charge is -2.18. The first-order valence-electron chi connectivity index (χ1n) is 5.13. The second kappa shape index (κ2) is 4.59. The summed E-state index contributed by atoms with van der Waals surface area (Å²) in [5, 5.41) is 7.82. The summed E-state index contributed by atoms with van der Waals surface area (Å²) in [6, 6.07) is 1.10. The Kier molecular flexibility index (Phi) is 3.17. The first-order chi connectivity index (χ1) is 7.35. The van der Waals surface area contributed by atoms with Gasteiger partial charge in [0.25, 0.3) is 0 Å². The molecule has 1 aliphatic rings. The lowest BCUT2D eigenvalue weighted by atomic mass is 10.5. The molecule has 1 saturated carbocycles. The minimum Gasteiger partial charge on any atom is -0.407 e. The topological polar surface area (TPSA) is 77.4 Å². The van der Waals surface area contributed by atoms with Crippen LogP contribution in [0, 0.1) is 0 Å². The first-order valence-corrected chi connectivity index (χ1v) is 5.13. The fourth-order valence-corrected chi connectivity index (χ4v) is 1.45. The van der Waals surface area contributed by atoms with Gasteiger partial charge in [-0.15, -0.1) is 5.10 Å². The van der Waals surface area contributed by atoms with Crippen molar-refractivity contribution in [3.63, 3.8) is 0 Å². The number of hydrogen-bond acceptors (Lipinski definition) is 6. The fraction of sp³-hybridized carbons (Fsp3) is 0.778. The molecule has 0 unspecified atom stereocenters. The highest BCUT2D eigenvalue weighted by atomic mass is 16.5. The molecule has 0 aromatic carbocycles. The number of anilines is 1. The van der Waals surface area contributed by atoms with Crippen molar-refractivity contribution in [2.24, 2.45) is 5.73 Å². The van der Waals surface area contributed by atoms with E-state index in [0.717, 1.165) is 6.54 Å². The molecule has 1 aliphatic carbocycles. The van der Waals surface area contributed by atoms with Crippen LogP contribution in [0.4, 0.5) is 6.01 Å². The fourth-order valence-electron chi connectivity index (χ4n) is 1.45. The summed E-state index contributed by atoms with van der Waals surface area (Å²) >= 11 is 0. The van der Waals surface area contributed by atoms with E-state index in [1.165, 1.54) is 12.8 Å². The van der Waals surface area contributed by atoms with Crippen LogP contribution in [0.2, 0.25) is 0 Å². The number of hydrogen-bond donors (Lipinski definition) is 1. The quantitative estimate of drug-likeness (QED) is 0.723. The number of nitrogens with two attached hydrogens (primary N) is 1. The van der Waals surface area contributed by atoms with Crippen LogP contribution in [0.25, 0.3) is 0 Å². The van der Waals surface area contributed by atoms with E-state index < -0.39 is 0 Å². The van der Waals surface area contributed by atoms with E-state index in [9.17, 15) is 0 Å². The number of rotatable bonds is 6. The van der Waals surface area contributed by atoms with Gasteiger partial charge in [0.2, 0.25) is 5.89 Å². The summed E-state index contributed by atoms with van der Waals surface area (Å²) < 4.78 is 10.5. The standard InChI is InChI=1S/C9H16N4O2/c1-14-5-4-13(7-2-3-7)9-12-11-8(6-10)15-9/h7H,2-6,10H2,1H3. The normalized spacial score (nSPS) is 15.6. The third kappa shape index (κ3) is 2.45. The van der Waals surface area contributed by atoms with E-state index >= 15 is 0 Å². The summed E-state index contributed by atoms with van der Waals surface area (Å²) in [7, 11) is 1.68. The van der Waals surface area contributed by atoms with Crippen LogP contribution in [0.1, 0.15) is 18.7 Å². The third-order valence-corrected chi connectivity index (χ3v) is 2.40. The average Bonchev–Trinajstić information content (AvgIpc) is 2.97. The van der Waals surface area contributed by atoms with Crippen molar-refractivity contribution >= 4 is 6.01 Å². The van der Waals surface area contributed by atoms with Gasteiger partial charge in [0.15, 0.2) is 0 Å². The highest BCUT2D eigenvalue weighted by Crippen LogP contribution is 2.30. The molecule has 0 atom stereocenters. The third-order valence-electron chi connectivity index (χ3n) is 2.40. The van der Waals surface area contributed by atoms with Gasteiger partial charge in [-0.2, -0.15) is 0 Å². The Morgan fingerprint density at radius 1 is 1.53 bits per heavy atom. The Bertz CT molecular complexity index is 311. The molecule has 6 nitrogen and oxygen atoms in total. The second-order valence-electron chi connectivity index (χ2n) is 3.60. The molecular weight excluding hydrogens is 196 g/mol. The Morgan fingerprint density at radius 3 is 2.87 bits per heavy atom. The number of nitrogens with zero attached hydrogens (tertiary/aromatic N) is 3. The van der Waals surface area contributed by atoms with Gasteiger partial charge in [-0.1, -0.05) is 5.10 Å². The average molecular weight is 212 g/mol. The van der Waals surface area contributed by atoms with Crippen LogP contribution in [0.15, 0.2) is 4.42 Å².